The van der Waals surface area contributed by atoms with E-state index >= 15 is 0 Å². The predicted molar refractivity (Wildman–Crippen MR) is 120 cm³/mol. The van der Waals surface area contributed by atoms with Gasteiger partial charge < -0.3 is 0 Å². The summed E-state index contributed by atoms with van der Waals surface area (Å²) >= 11 is 5.94. The molecule has 0 spiro atoms. The van der Waals surface area contributed by atoms with Crippen LogP contribution in [0.4, 0.5) is 13.2 Å². The van der Waals surface area contributed by atoms with Crippen molar-refractivity contribution in [2.75, 3.05) is 0 Å². The summed E-state index contributed by atoms with van der Waals surface area (Å²) < 4.78 is 115. The first-order chi connectivity index (χ1) is 16.1. The van der Waals surface area contributed by atoms with Crippen LogP contribution in [0.15, 0.2) is 86.6 Å². The Kier molecular flexibility index (Phi) is 7.35. The molecule has 1 aromatic heterocycles. The molecule has 1 atom stereocenters. The number of rotatable bonds is 7. The van der Waals surface area contributed by atoms with Gasteiger partial charge in [-0.1, -0.05) is 29.8 Å². The van der Waals surface area contributed by atoms with Gasteiger partial charge in [0.2, 0.25) is 19.7 Å². The van der Waals surface area contributed by atoms with Crippen LogP contribution in [0.25, 0.3) is 0 Å². The van der Waals surface area contributed by atoms with Crippen molar-refractivity contribution in [3.05, 3.63) is 77.4 Å². The molecule has 2 aromatic carbocycles. The molecule has 8 nitrogen and oxygen atoms in total. The third-order valence-corrected chi connectivity index (χ3v) is 9.90. The van der Waals surface area contributed by atoms with Crippen molar-refractivity contribution in [1.82, 2.24) is 9.71 Å². The molecule has 1 heterocycles. The van der Waals surface area contributed by atoms with Crippen LogP contribution < -0.4 is 4.72 Å². The largest absolute Gasteiger partial charge is 0.511 e. The monoisotopic (exact) mass is 568 g/mol. The van der Waals surface area contributed by atoms with E-state index in [9.17, 15) is 38.4 Å². The number of sulfonamides is 1. The Morgan fingerprint density at radius 2 is 1.49 bits per heavy atom. The van der Waals surface area contributed by atoms with E-state index in [-0.39, 0.29) is 15.6 Å². The summed E-state index contributed by atoms with van der Waals surface area (Å²) in [5.74, 6) is 0. The van der Waals surface area contributed by atoms with Gasteiger partial charge in [-0.3, -0.25) is 0 Å². The number of halogens is 4. The van der Waals surface area contributed by atoms with Crippen molar-refractivity contribution in [2.24, 2.45) is 0 Å². The van der Waals surface area contributed by atoms with Gasteiger partial charge in [0.15, 0.2) is 5.03 Å². The van der Waals surface area contributed by atoms with Crippen LogP contribution in [0.2, 0.25) is 5.02 Å². The molecule has 0 unspecified atom stereocenters. The number of hydrogen-bond donors (Lipinski definition) is 1. The number of nitrogens with one attached hydrogen (secondary N) is 1. The minimum atomic E-state index is -5.64. The average molecular weight is 569 g/mol. The van der Waals surface area contributed by atoms with Crippen LogP contribution in [-0.4, -0.2) is 35.7 Å². The van der Waals surface area contributed by atoms with Gasteiger partial charge in [0.25, 0.3) is 0 Å². The first kappa shape index (κ1) is 27.1. The molecular weight excluding hydrogens is 553 g/mol. The molecule has 3 aromatic rings. The maximum absolute atomic E-state index is 13.3. The minimum absolute atomic E-state index is 0.0317. The highest BCUT2D eigenvalue weighted by Crippen LogP contribution is 2.33. The normalized spacial score (nSPS) is 14.0. The summed E-state index contributed by atoms with van der Waals surface area (Å²) in [6, 6.07) is 10.2. The molecule has 188 valence electrons. The first-order valence-electron chi connectivity index (χ1n) is 9.47. The Hall–Kier alpha value is -2.52. The zero-order valence-corrected chi connectivity index (χ0v) is 20.8. The summed E-state index contributed by atoms with van der Waals surface area (Å²) in [7, 11) is -14.5. The van der Waals surface area contributed by atoms with Crippen LogP contribution >= 0.6 is 11.6 Å². The molecule has 15 heteroatoms. The predicted octanol–water partition coefficient (Wildman–Crippen LogP) is 3.90. The third-order valence-electron chi connectivity index (χ3n) is 4.72. The van der Waals surface area contributed by atoms with Crippen LogP contribution in [-0.2, 0) is 29.7 Å². The molecule has 0 saturated heterocycles. The highest BCUT2D eigenvalue weighted by molar-refractivity contribution is 7.94. The quantitative estimate of drug-likeness (QED) is 0.458. The number of benzene rings is 2. The lowest BCUT2D eigenvalue weighted by molar-refractivity contribution is -0.0450. The fourth-order valence-corrected chi connectivity index (χ4v) is 7.21. The van der Waals surface area contributed by atoms with E-state index in [0.29, 0.717) is 0 Å². The highest BCUT2D eigenvalue weighted by Gasteiger charge is 2.46. The first-order valence-corrected chi connectivity index (χ1v) is 14.3. The Morgan fingerprint density at radius 1 is 0.857 bits per heavy atom. The number of pyridine rings is 1. The molecule has 0 aliphatic carbocycles. The van der Waals surface area contributed by atoms with Crippen molar-refractivity contribution >= 4 is 41.3 Å². The maximum Gasteiger partial charge on any atom is 0.511 e. The van der Waals surface area contributed by atoms with Gasteiger partial charge in [-0.15, -0.1) is 0 Å². The Morgan fingerprint density at radius 3 is 2.03 bits per heavy atom. The van der Waals surface area contributed by atoms with Gasteiger partial charge in [-0.05, 0) is 55.0 Å². The SMILES string of the molecule is C[C@H](NS(=O)(=O)C(F)(F)F)c1ccc(S(=O)(=O)c2cc(Cl)ccc2S(=O)(=O)c2ccccn2)cc1. The van der Waals surface area contributed by atoms with E-state index in [2.05, 4.69) is 4.98 Å². The molecule has 3 rings (SSSR count). The van der Waals surface area contributed by atoms with Crippen molar-refractivity contribution in [3.63, 3.8) is 0 Å². The Balaban J connectivity index is 2.03. The summed E-state index contributed by atoms with van der Waals surface area (Å²) in [5.41, 5.74) is -5.49. The molecule has 0 amide bonds. The molecule has 1 N–H and O–H groups in total. The molecule has 0 radical (unpaired) electrons. The van der Waals surface area contributed by atoms with E-state index in [1.807, 2.05) is 0 Å². The maximum atomic E-state index is 13.3. The lowest BCUT2D eigenvalue weighted by Crippen LogP contribution is -2.37. The standard InChI is InChI=1S/C20H16ClF3N2O6S3/c1-13(26-35(31,32)20(22,23)24)14-5-8-16(9-6-14)33(27,28)18-12-15(21)7-10-17(18)34(29,30)19-4-2-3-11-25-19/h2-13,26H,1H3/t13-/m0/s1. The lowest BCUT2D eigenvalue weighted by Gasteiger charge is -2.17. The summed E-state index contributed by atoms with van der Waals surface area (Å²) in [6.07, 6.45) is 1.23. The van der Waals surface area contributed by atoms with Gasteiger partial charge in [0.1, 0.15) is 0 Å². The fraction of sp³-hybridized carbons (Fsp3) is 0.150. The van der Waals surface area contributed by atoms with Gasteiger partial charge in [-0.2, -0.15) is 13.2 Å². The van der Waals surface area contributed by atoms with E-state index < -0.39 is 55.9 Å². The summed E-state index contributed by atoms with van der Waals surface area (Å²) in [6.45, 7) is 1.14. The zero-order chi connectivity index (χ0) is 26.2. The van der Waals surface area contributed by atoms with Crippen molar-refractivity contribution < 1.29 is 38.4 Å². The van der Waals surface area contributed by atoms with Gasteiger partial charge in [-0.25, -0.2) is 35.0 Å². The van der Waals surface area contributed by atoms with Gasteiger partial charge in [0.05, 0.1) is 14.7 Å². The second-order valence-corrected chi connectivity index (χ2v) is 13.0. The third kappa shape index (κ3) is 5.51. The molecule has 0 bridgehead atoms. The Bertz CT molecular complexity index is 1560. The van der Waals surface area contributed by atoms with Crippen LogP contribution in [0, 0.1) is 0 Å². The van der Waals surface area contributed by atoms with Crippen LogP contribution in [0.3, 0.4) is 0 Å². The molecule has 0 aliphatic heterocycles. The van der Waals surface area contributed by atoms with E-state index in [1.165, 1.54) is 35.2 Å². The number of sulfone groups is 2. The topological polar surface area (TPSA) is 127 Å². The van der Waals surface area contributed by atoms with Crippen LogP contribution in [0.1, 0.15) is 18.5 Å². The zero-order valence-electron chi connectivity index (χ0n) is 17.6. The van der Waals surface area contributed by atoms with Crippen molar-refractivity contribution in [2.45, 2.75) is 38.2 Å². The van der Waals surface area contributed by atoms with E-state index in [4.69, 9.17) is 11.6 Å². The minimum Gasteiger partial charge on any atom is -0.244 e. The molecule has 35 heavy (non-hydrogen) atoms. The summed E-state index contributed by atoms with van der Waals surface area (Å²) in [4.78, 5) is 2.17. The highest BCUT2D eigenvalue weighted by atomic mass is 35.5. The average Bonchev–Trinajstić information content (AvgIpc) is 2.78. The second-order valence-electron chi connectivity index (χ2n) is 7.12. The van der Waals surface area contributed by atoms with E-state index in [1.54, 1.807) is 0 Å². The number of nitrogens with zero attached hydrogens (tertiary/aromatic N) is 1. The van der Waals surface area contributed by atoms with Crippen molar-refractivity contribution in [3.8, 4) is 0 Å². The van der Waals surface area contributed by atoms with Gasteiger partial charge >= 0.3 is 15.5 Å². The smallest absolute Gasteiger partial charge is 0.244 e. The second kappa shape index (κ2) is 9.50. The lowest BCUT2D eigenvalue weighted by atomic mass is 10.1. The fourth-order valence-electron chi connectivity index (χ4n) is 2.96. The number of hydrogen-bond acceptors (Lipinski definition) is 7. The van der Waals surface area contributed by atoms with E-state index in [0.717, 1.165) is 43.3 Å². The molecule has 0 fully saturated rings. The van der Waals surface area contributed by atoms with Crippen molar-refractivity contribution in [1.29, 1.82) is 0 Å². The van der Waals surface area contributed by atoms with Gasteiger partial charge in [0, 0.05) is 17.3 Å². The summed E-state index contributed by atoms with van der Waals surface area (Å²) in [5, 5.41) is -0.449. The van der Waals surface area contributed by atoms with Crippen LogP contribution in [0.5, 0.6) is 0 Å². The Labute approximate surface area is 204 Å². The number of aromatic nitrogens is 1. The number of alkyl halides is 3. The molecular formula is C20H16ClF3N2O6S3. The molecule has 0 saturated carbocycles. The molecule has 0 aliphatic rings.